The molecule has 3 atom stereocenters. The fraction of sp³-hybridized carbons (Fsp3) is 0.792. The fourth-order valence-corrected chi connectivity index (χ4v) is 7.25. The molecule has 0 aromatic carbocycles. The van der Waals surface area contributed by atoms with Crippen LogP contribution in [0, 0.1) is 11.8 Å². The molecule has 0 aromatic rings. The Kier molecular flexibility index (Phi) is 43.0. The van der Waals surface area contributed by atoms with Gasteiger partial charge in [-0.05, 0) is 85.5 Å². The number of hydrogen-bond donors (Lipinski definition) is 13. The van der Waals surface area contributed by atoms with Gasteiger partial charge < -0.3 is 88.7 Å². The zero-order valence-corrected chi connectivity index (χ0v) is 48.9. The van der Waals surface area contributed by atoms with Crippen molar-refractivity contribution < 1.29 is 72.5 Å². The number of primary amides is 2. The molecule has 28 heteroatoms. The van der Waals surface area contributed by atoms with E-state index in [4.69, 9.17) is 40.8 Å². The largest absolute Gasteiger partial charge is 0.411 e. The minimum absolute atomic E-state index is 0.0202. The van der Waals surface area contributed by atoms with Gasteiger partial charge in [-0.2, -0.15) is 0 Å². The zero-order valence-electron chi connectivity index (χ0n) is 48.9. The van der Waals surface area contributed by atoms with Gasteiger partial charge in [0.25, 0.3) is 0 Å². The van der Waals surface area contributed by atoms with Crippen molar-refractivity contribution in [2.24, 2.45) is 33.6 Å². The molecule has 0 rings (SSSR count). The Morgan fingerprint density at radius 2 is 0.827 bits per heavy atom. The zero-order chi connectivity index (χ0) is 60.7. The molecule has 0 radical (unpaired) electrons. The number of oxime groups is 2. The molecule has 9 amide bonds. The molecule has 0 saturated heterocycles. The van der Waals surface area contributed by atoms with Crippen molar-refractivity contribution in [1.29, 1.82) is 0 Å². The lowest BCUT2D eigenvalue weighted by molar-refractivity contribution is -0.129. The third-order valence-corrected chi connectivity index (χ3v) is 12.3. The van der Waals surface area contributed by atoms with Gasteiger partial charge >= 0.3 is 0 Å². The van der Waals surface area contributed by atoms with Gasteiger partial charge in [0.05, 0.1) is 69.2 Å². The standard InChI is InChI=1S/C53H99N13O15/c1-39(49(54)73)15-7-10-23-57-47(71)35-80-31-30-79-28-26-59-48(72)36-81-32-29-78-27-25-58-44(68)19-13-18-43(67)56-22-12-9-17-42(51(75)60-24-11-8-16-40(2)50(55)74)66-46(70)21-14-20-45(69)65-41(33-61-52(3,4)37-63-76)34-62-53(5,6)38-64-77/h37-42,61-62,76-77H,7-36H2,1-6H3,(H2,54,73)(H2,55,74)(H,56,67)(H,57,71)(H,58,68)(H,59,72)(H,60,75)(H,65,69)(H,66,70)/b63-37-,64-38-/t39-,40+,42+/m1/s1. The van der Waals surface area contributed by atoms with E-state index in [1.165, 1.54) is 12.4 Å². The second-order valence-electron chi connectivity index (χ2n) is 20.9. The van der Waals surface area contributed by atoms with Crippen molar-refractivity contribution in [3.8, 4) is 0 Å². The van der Waals surface area contributed by atoms with Crippen LogP contribution in [-0.4, -0.2) is 198 Å². The molecule has 466 valence electrons. The highest BCUT2D eigenvalue weighted by atomic mass is 16.5. The first-order valence-corrected chi connectivity index (χ1v) is 28.2. The van der Waals surface area contributed by atoms with Crippen molar-refractivity contribution in [2.75, 3.05) is 98.7 Å². The normalized spacial score (nSPS) is 12.9. The monoisotopic (exact) mass is 1160 g/mol. The van der Waals surface area contributed by atoms with E-state index in [-0.39, 0.29) is 171 Å². The summed E-state index contributed by atoms with van der Waals surface area (Å²) in [5.41, 5.74) is 9.22. The molecular weight excluding hydrogens is 1060 g/mol. The minimum atomic E-state index is -0.873. The molecule has 0 heterocycles. The second-order valence-corrected chi connectivity index (χ2v) is 20.9. The summed E-state index contributed by atoms with van der Waals surface area (Å²) in [6.45, 7) is 14.0. The van der Waals surface area contributed by atoms with E-state index in [0.29, 0.717) is 64.6 Å². The first kappa shape index (κ1) is 74.9. The predicted octanol–water partition coefficient (Wildman–Crippen LogP) is -0.646. The van der Waals surface area contributed by atoms with Crippen molar-refractivity contribution >= 4 is 65.6 Å². The summed E-state index contributed by atoms with van der Waals surface area (Å²) in [6, 6.07) is -1.31. The van der Waals surface area contributed by atoms with Crippen molar-refractivity contribution in [1.82, 2.24) is 47.9 Å². The van der Waals surface area contributed by atoms with Crippen LogP contribution in [0.2, 0.25) is 0 Å². The molecule has 0 aliphatic rings. The van der Waals surface area contributed by atoms with E-state index in [1.54, 1.807) is 41.5 Å². The Labute approximate surface area is 478 Å². The van der Waals surface area contributed by atoms with Gasteiger partial charge in [0.2, 0.25) is 53.2 Å². The number of nitrogens with zero attached hydrogens (tertiary/aromatic N) is 2. The van der Waals surface area contributed by atoms with Gasteiger partial charge in [0.15, 0.2) is 0 Å². The van der Waals surface area contributed by atoms with Crippen LogP contribution in [0.3, 0.4) is 0 Å². The molecule has 0 aromatic heterocycles. The Bertz CT molecular complexity index is 1870. The van der Waals surface area contributed by atoms with E-state index >= 15 is 0 Å². The summed E-state index contributed by atoms with van der Waals surface area (Å²) >= 11 is 0. The second kappa shape index (κ2) is 46.5. The van der Waals surface area contributed by atoms with E-state index in [1.807, 2.05) is 0 Å². The number of nitrogens with two attached hydrogens (primary N) is 2. The maximum Gasteiger partial charge on any atom is 0.246 e. The van der Waals surface area contributed by atoms with Crippen LogP contribution in [0.15, 0.2) is 10.3 Å². The van der Waals surface area contributed by atoms with E-state index in [0.717, 1.165) is 12.8 Å². The lowest BCUT2D eigenvalue weighted by atomic mass is 10.0. The number of unbranched alkanes of at least 4 members (excludes halogenated alkanes) is 3. The van der Waals surface area contributed by atoms with Crippen LogP contribution in [0.5, 0.6) is 0 Å². The highest BCUT2D eigenvalue weighted by Crippen LogP contribution is 2.09. The average molecular weight is 1160 g/mol. The lowest BCUT2D eigenvalue weighted by Gasteiger charge is -2.29. The molecule has 0 unspecified atom stereocenters. The molecule has 0 aliphatic heterocycles. The molecule has 0 spiro atoms. The summed E-state index contributed by atoms with van der Waals surface area (Å²) in [7, 11) is 0. The topological polar surface area (TPSA) is 416 Å². The number of carbonyl (C=O) groups is 9. The number of rotatable bonds is 52. The van der Waals surface area contributed by atoms with E-state index in [2.05, 4.69) is 58.2 Å². The third kappa shape index (κ3) is 45.3. The van der Waals surface area contributed by atoms with Crippen LogP contribution in [-0.2, 0) is 62.1 Å². The van der Waals surface area contributed by atoms with Crippen molar-refractivity contribution in [2.45, 2.75) is 161 Å². The van der Waals surface area contributed by atoms with E-state index < -0.39 is 35.0 Å². The summed E-state index contributed by atoms with van der Waals surface area (Å²) in [6.07, 6.45) is 8.74. The van der Waals surface area contributed by atoms with Crippen LogP contribution in [0.25, 0.3) is 0 Å². The Morgan fingerprint density at radius 1 is 0.457 bits per heavy atom. The maximum absolute atomic E-state index is 13.3. The Morgan fingerprint density at radius 3 is 1.27 bits per heavy atom. The average Bonchev–Trinajstić information content (AvgIpc) is 3.39. The smallest absolute Gasteiger partial charge is 0.246 e. The van der Waals surface area contributed by atoms with Crippen molar-refractivity contribution in [3.63, 3.8) is 0 Å². The number of amides is 9. The van der Waals surface area contributed by atoms with Gasteiger partial charge in [-0.15, -0.1) is 10.3 Å². The molecular formula is C53H99N13O15. The molecule has 0 aliphatic carbocycles. The Hall–Kier alpha value is -6.07. The first-order valence-electron chi connectivity index (χ1n) is 28.2. The van der Waals surface area contributed by atoms with Gasteiger partial charge in [-0.1, -0.05) is 26.7 Å². The highest BCUT2D eigenvalue weighted by molar-refractivity contribution is 5.88. The van der Waals surface area contributed by atoms with Crippen molar-refractivity contribution in [3.05, 3.63) is 0 Å². The first-order chi connectivity index (χ1) is 38.5. The van der Waals surface area contributed by atoms with Gasteiger partial charge in [-0.3, -0.25) is 43.2 Å². The summed E-state index contributed by atoms with van der Waals surface area (Å²) in [4.78, 5) is 110. The number of carbonyl (C=O) groups excluding carboxylic acids is 9. The molecule has 81 heavy (non-hydrogen) atoms. The summed E-state index contributed by atoms with van der Waals surface area (Å²) in [5.74, 6) is -3.34. The summed E-state index contributed by atoms with van der Waals surface area (Å²) in [5, 5.41) is 50.2. The van der Waals surface area contributed by atoms with Gasteiger partial charge in [0, 0.05) is 83.3 Å². The molecule has 15 N–H and O–H groups in total. The molecule has 28 nitrogen and oxygen atoms in total. The van der Waals surface area contributed by atoms with Gasteiger partial charge in [0.1, 0.15) is 19.3 Å². The highest BCUT2D eigenvalue weighted by Gasteiger charge is 2.24. The van der Waals surface area contributed by atoms with Crippen LogP contribution < -0.4 is 59.3 Å². The number of nitrogens with one attached hydrogen (secondary N) is 9. The van der Waals surface area contributed by atoms with Crippen LogP contribution in [0.4, 0.5) is 0 Å². The minimum Gasteiger partial charge on any atom is -0.411 e. The molecule has 0 saturated carbocycles. The lowest BCUT2D eigenvalue weighted by Crippen LogP contribution is -2.55. The molecule has 0 fully saturated rings. The van der Waals surface area contributed by atoms with Crippen LogP contribution in [0.1, 0.15) is 138 Å². The fourth-order valence-electron chi connectivity index (χ4n) is 7.25. The third-order valence-electron chi connectivity index (χ3n) is 12.3. The summed E-state index contributed by atoms with van der Waals surface area (Å²) < 4.78 is 21.4. The predicted molar refractivity (Wildman–Crippen MR) is 303 cm³/mol. The quantitative estimate of drug-likeness (QED) is 0.0156. The number of ether oxygens (including phenoxy) is 4. The Balaban J connectivity index is 4.49. The van der Waals surface area contributed by atoms with E-state index in [9.17, 15) is 43.2 Å². The van der Waals surface area contributed by atoms with Gasteiger partial charge in [-0.25, -0.2) is 0 Å². The maximum atomic E-state index is 13.3. The van der Waals surface area contributed by atoms with Crippen LogP contribution >= 0.6 is 0 Å². The number of hydrogen-bond acceptors (Lipinski definition) is 19. The SMILES string of the molecule is C[C@H](CCCCNC(=O)COCCOCCNC(=O)COCCOCCNC(=O)CCCC(=O)NCCCC[C@H](NC(=O)CCCC(=O)NC(CNC(C)(C)/C=N\O)CNC(C)(C)/C=N\O)C(=O)NCCCC[C@H](C)C(N)=O)C(N)=O. The molecule has 0 bridgehead atoms.